The third-order valence-corrected chi connectivity index (χ3v) is 5.01. The molecule has 1 heterocycles. The van der Waals surface area contributed by atoms with Crippen LogP contribution in [0.2, 0.25) is 0 Å². The van der Waals surface area contributed by atoms with Gasteiger partial charge >= 0.3 is 18.2 Å². The number of alkyl halides is 3. The molecular weight excluding hydrogens is 497 g/mol. The van der Waals surface area contributed by atoms with Gasteiger partial charge in [-0.1, -0.05) is 30.3 Å². The van der Waals surface area contributed by atoms with E-state index in [9.17, 15) is 27.6 Å². The number of ether oxygens (including phenoxy) is 3. The Labute approximate surface area is 209 Å². The number of aromatic nitrogens is 2. The molecule has 0 saturated heterocycles. The third kappa shape index (κ3) is 7.38. The minimum absolute atomic E-state index is 0.0149. The summed E-state index contributed by atoms with van der Waals surface area (Å²) >= 11 is 0. The van der Waals surface area contributed by atoms with Crippen molar-refractivity contribution in [3.05, 3.63) is 76.7 Å². The second kappa shape index (κ2) is 12.1. The lowest BCUT2D eigenvalue weighted by molar-refractivity contribution is -0.167. The van der Waals surface area contributed by atoms with E-state index in [1.165, 1.54) is 43.1 Å². The predicted molar refractivity (Wildman–Crippen MR) is 127 cm³/mol. The van der Waals surface area contributed by atoms with Crippen molar-refractivity contribution in [2.75, 3.05) is 24.9 Å². The quantitative estimate of drug-likeness (QED) is 0.412. The molecule has 0 aliphatic rings. The van der Waals surface area contributed by atoms with Crippen LogP contribution in [0.5, 0.6) is 0 Å². The number of hydrogen-bond donors (Lipinski definition) is 2. The van der Waals surface area contributed by atoms with Crippen LogP contribution < -0.4 is 16.2 Å². The number of carbonyl (C=O) groups excluding carboxylic acids is 2. The van der Waals surface area contributed by atoms with Crippen LogP contribution >= 0.6 is 0 Å². The average molecular weight is 520 g/mol. The first-order chi connectivity index (χ1) is 17.6. The van der Waals surface area contributed by atoms with E-state index < -0.39 is 30.0 Å². The molecule has 0 atom stereocenters. The molecule has 0 fully saturated rings. The fourth-order valence-electron chi connectivity index (χ4n) is 3.15. The molecule has 2 N–H and O–H groups in total. The number of carbonyl (C=O) groups is 2. The molecule has 37 heavy (non-hydrogen) atoms. The lowest BCUT2D eigenvalue weighted by atomic mass is 10.2. The van der Waals surface area contributed by atoms with E-state index in [0.717, 1.165) is 11.8 Å². The van der Waals surface area contributed by atoms with Crippen LogP contribution in [-0.2, 0) is 32.2 Å². The molecule has 196 valence electrons. The van der Waals surface area contributed by atoms with Gasteiger partial charge in [0, 0.05) is 25.5 Å². The summed E-state index contributed by atoms with van der Waals surface area (Å²) in [6, 6.07) is 14.1. The predicted octanol–water partition coefficient (Wildman–Crippen LogP) is 3.78. The maximum absolute atomic E-state index is 13.2. The highest BCUT2D eigenvalue weighted by atomic mass is 19.4. The van der Waals surface area contributed by atoms with Crippen molar-refractivity contribution >= 4 is 23.4 Å². The first kappa shape index (κ1) is 27.4. The molecule has 0 radical (unpaired) electrons. The van der Waals surface area contributed by atoms with Gasteiger partial charge in [0.15, 0.2) is 6.29 Å². The van der Waals surface area contributed by atoms with Crippen molar-refractivity contribution in [3.63, 3.8) is 0 Å². The van der Waals surface area contributed by atoms with Gasteiger partial charge in [-0.05, 0) is 29.8 Å². The van der Waals surface area contributed by atoms with Gasteiger partial charge in [0.1, 0.15) is 18.1 Å². The van der Waals surface area contributed by atoms with Crippen LogP contribution in [-0.4, -0.2) is 48.2 Å². The van der Waals surface area contributed by atoms with E-state index in [4.69, 9.17) is 14.2 Å². The Morgan fingerprint density at radius 2 is 1.65 bits per heavy atom. The summed E-state index contributed by atoms with van der Waals surface area (Å²) in [7, 11) is 2.74. The zero-order chi connectivity index (χ0) is 27.0. The Hall–Kier alpha value is -4.23. The molecular formula is C24H23F3N4O6. The molecule has 0 saturated carbocycles. The molecule has 2 amide bonds. The number of nitrogens with zero attached hydrogens (tertiary/aromatic N) is 2. The van der Waals surface area contributed by atoms with Crippen molar-refractivity contribution < 1.29 is 37.0 Å². The third-order valence-electron chi connectivity index (χ3n) is 5.01. The summed E-state index contributed by atoms with van der Waals surface area (Å²) in [5.41, 5.74) is 0.149. The van der Waals surface area contributed by atoms with Crippen LogP contribution in [0.3, 0.4) is 0 Å². The van der Waals surface area contributed by atoms with Crippen LogP contribution in [0.15, 0.2) is 65.6 Å². The first-order valence-corrected chi connectivity index (χ1v) is 10.7. The zero-order valence-electron chi connectivity index (χ0n) is 19.7. The Bertz CT molecular complexity index is 1280. The molecule has 13 heteroatoms. The Kier molecular flexibility index (Phi) is 8.98. The Morgan fingerprint density at radius 1 is 1.00 bits per heavy atom. The van der Waals surface area contributed by atoms with Crippen molar-refractivity contribution in [1.29, 1.82) is 0 Å². The molecule has 2 aromatic carbocycles. The average Bonchev–Trinajstić information content (AvgIpc) is 2.88. The Balaban J connectivity index is 1.86. The molecule has 0 aliphatic carbocycles. The van der Waals surface area contributed by atoms with Crippen molar-refractivity contribution in [2.45, 2.75) is 25.6 Å². The number of amides is 2. The van der Waals surface area contributed by atoms with Gasteiger partial charge in [0.25, 0.3) is 5.56 Å². The second-order valence-electron chi connectivity index (χ2n) is 7.53. The summed E-state index contributed by atoms with van der Waals surface area (Å²) in [5.74, 6) is -2.01. The van der Waals surface area contributed by atoms with E-state index in [2.05, 4.69) is 10.3 Å². The number of anilines is 2. The van der Waals surface area contributed by atoms with Crippen molar-refractivity contribution in [2.24, 2.45) is 0 Å². The highest BCUT2D eigenvalue weighted by molar-refractivity contribution is 5.95. The second-order valence-corrected chi connectivity index (χ2v) is 7.53. The summed E-state index contributed by atoms with van der Waals surface area (Å²) in [4.78, 5) is 40.9. The highest BCUT2D eigenvalue weighted by Crippen LogP contribution is 2.22. The highest BCUT2D eigenvalue weighted by Gasteiger charge is 2.38. The molecule has 3 rings (SSSR count). The van der Waals surface area contributed by atoms with Crippen LogP contribution in [0, 0.1) is 0 Å². The zero-order valence-corrected chi connectivity index (χ0v) is 19.7. The molecule has 3 aromatic rings. The Morgan fingerprint density at radius 3 is 2.24 bits per heavy atom. The summed E-state index contributed by atoms with van der Waals surface area (Å²) in [5, 5.41) is 4.10. The monoisotopic (exact) mass is 520 g/mol. The van der Waals surface area contributed by atoms with E-state index in [1.54, 1.807) is 29.6 Å². The summed E-state index contributed by atoms with van der Waals surface area (Å²) in [6.45, 7) is -0.145. The number of methoxy groups -OCH3 is 2. The smallest absolute Gasteiger partial charge is 0.444 e. The fourth-order valence-corrected chi connectivity index (χ4v) is 3.15. The minimum atomic E-state index is -5.04. The van der Waals surface area contributed by atoms with Gasteiger partial charge < -0.3 is 19.5 Å². The molecule has 10 nitrogen and oxygen atoms in total. The molecule has 0 unspecified atom stereocenters. The van der Waals surface area contributed by atoms with Crippen LogP contribution in [0.25, 0.3) is 11.4 Å². The first-order valence-electron chi connectivity index (χ1n) is 10.7. The van der Waals surface area contributed by atoms with E-state index in [1.807, 2.05) is 6.07 Å². The lowest BCUT2D eigenvalue weighted by Gasteiger charge is -2.19. The normalized spacial score (nSPS) is 11.3. The largest absolute Gasteiger partial charge is 0.471 e. The minimum Gasteiger partial charge on any atom is -0.444 e. The lowest BCUT2D eigenvalue weighted by Crippen LogP contribution is -2.33. The van der Waals surface area contributed by atoms with Crippen LogP contribution in [0.4, 0.5) is 29.3 Å². The summed E-state index contributed by atoms with van der Waals surface area (Å²) in [6.07, 6.45) is -5.64. The molecule has 0 aliphatic heterocycles. The van der Waals surface area contributed by atoms with Gasteiger partial charge in [-0.25, -0.2) is 9.78 Å². The topological polar surface area (TPSA) is 121 Å². The van der Waals surface area contributed by atoms with E-state index in [0.29, 0.717) is 5.56 Å². The number of hydrogen-bond acceptors (Lipinski definition) is 7. The van der Waals surface area contributed by atoms with Gasteiger partial charge in [0.2, 0.25) is 0 Å². The van der Waals surface area contributed by atoms with Crippen molar-refractivity contribution in [3.8, 4) is 11.4 Å². The van der Waals surface area contributed by atoms with Gasteiger partial charge in [-0.15, -0.1) is 0 Å². The van der Waals surface area contributed by atoms with Crippen molar-refractivity contribution in [1.82, 2.24) is 9.55 Å². The molecule has 0 spiro atoms. The number of rotatable bonds is 9. The standard InChI is InChI=1S/C24H23F3N4O6/c1-35-19(36-2)13-31-20(16-8-10-17(11-9-16)29-22(33)24(25,26)27)28-12-18(21(31)32)30-23(34)37-14-15-6-4-3-5-7-15/h3-12,19H,13-14H2,1-2H3,(H,29,33)(H,30,34). The van der Waals surface area contributed by atoms with E-state index in [-0.39, 0.29) is 30.4 Å². The summed E-state index contributed by atoms with van der Waals surface area (Å²) < 4.78 is 54.2. The van der Waals surface area contributed by atoms with E-state index >= 15 is 0 Å². The van der Waals surface area contributed by atoms with Crippen LogP contribution in [0.1, 0.15) is 5.56 Å². The van der Waals surface area contributed by atoms with Gasteiger partial charge in [-0.2, -0.15) is 13.2 Å². The maximum atomic E-state index is 13.2. The maximum Gasteiger partial charge on any atom is 0.471 e. The number of nitrogens with one attached hydrogen (secondary N) is 2. The molecule has 0 bridgehead atoms. The SMILES string of the molecule is COC(Cn1c(-c2ccc(NC(=O)C(F)(F)F)cc2)ncc(NC(=O)OCc2ccccc2)c1=O)OC. The molecule has 1 aromatic heterocycles. The fraction of sp³-hybridized carbons (Fsp3) is 0.250. The van der Waals surface area contributed by atoms with Gasteiger partial charge in [-0.3, -0.25) is 19.5 Å². The van der Waals surface area contributed by atoms with Gasteiger partial charge in [0.05, 0.1) is 12.7 Å². The number of halogens is 3. The number of benzene rings is 2.